The van der Waals surface area contributed by atoms with Gasteiger partial charge >= 0.3 is 0 Å². The lowest BCUT2D eigenvalue weighted by molar-refractivity contribution is -0.140. The summed E-state index contributed by atoms with van der Waals surface area (Å²) in [5.41, 5.74) is 1.85. The van der Waals surface area contributed by atoms with Crippen molar-refractivity contribution in [1.29, 1.82) is 0 Å². The molecule has 0 saturated carbocycles. The Balaban J connectivity index is 1.83. The van der Waals surface area contributed by atoms with Crippen LogP contribution < -0.4 is 9.47 Å². The summed E-state index contributed by atoms with van der Waals surface area (Å²) in [6, 6.07) is 16.8. The normalized spacial score (nSPS) is 17.1. The van der Waals surface area contributed by atoms with Crippen molar-refractivity contribution in [1.82, 2.24) is 9.88 Å². The number of carbonyl (C=O) groups excluding carboxylic acids is 2. The van der Waals surface area contributed by atoms with Gasteiger partial charge in [0.15, 0.2) is 0 Å². The third kappa shape index (κ3) is 4.64. The molecule has 4 rings (SSSR count). The minimum Gasteiger partial charge on any atom is -0.507 e. The van der Waals surface area contributed by atoms with Gasteiger partial charge in [-0.1, -0.05) is 37.3 Å². The Morgan fingerprint density at radius 3 is 2.59 bits per heavy atom. The summed E-state index contributed by atoms with van der Waals surface area (Å²) in [7, 11) is 1.55. The number of amides is 1. The Morgan fingerprint density at radius 1 is 1.06 bits per heavy atom. The predicted molar refractivity (Wildman–Crippen MR) is 127 cm³/mol. The zero-order valence-corrected chi connectivity index (χ0v) is 19.1. The number of likely N-dealkylation sites (tertiary alicyclic amines) is 1. The second-order valence-electron chi connectivity index (χ2n) is 7.94. The standard InChI is InChI=1S/C27H26N2O5/c1-3-13-34-22-11-5-9-20(15-22)25(30)23-24(19-8-4-10-21(14-19)33-2)29(27(32)26(23)31)17-18-7-6-12-28-16-18/h4-12,14-16,24,30H,3,13,17H2,1-2H3/b25-23+. The first-order chi connectivity index (χ1) is 16.5. The number of methoxy groups -OCH3 is 1. The summed E-state index contributed by atoms with van der Waals surface area (Å²) in [5, 5.41) is 11.3. The molecular weight excluding hydrogens is 432 g/mol. The van der Waals surface area contributed by atoms with E-state index >= 15 is 0 Å². The number of nitrogens with zero attached hydrogens (tertiary/aromatic N) is 2. The minimum absolute atomic E-state index is 0.0229. The molecule has 3 aromatic rings. The Hall–Kier alpha value is -4.13. The maximum atomic E-state index is 13.2. The summed E-state index contributed by atoms with van der Waals surface area (Å²) in [6.07, 6.45) is 4.13. The molecule has 2 heterocycles. The quantitative estimate of drug-likeness (QED) is 0.304. The minimum atomic E-state index is -0.796. The van der Waals surface area contributed by atoms with E-state index in [2.05, 4.69) is 4.98 Å². The van der Waals surface area contributed by atoms with Crippen molar-refractivity contribution in [3.05, 3.63) is 95.3 Å². The summed E-state index contributed by atoms with van der Waals surface area (Å²) in [6.45, 7) is 2.70. The Morgan fingerprint density at radius 2 is 1.85 bits per heavy atom. The molecule has 7 heteroatoms. The topological polar surface area (TPSA) is 89.0 Å². The second kappa shape index (κ2) is 10.2. The number of carbonyl (C=O) groups is 2. The van der Waals surface area contributed by atoms with E-state index in [-0.39, 0.29) is 17.9 Å². The number of aliphatic hydroxyl groups is 1. The number of aliphatic hydroxyl groups excluding tert-OH is 1. The van der Waals surface area contributed by atoms with Gasteiger partial charge in [0.05, 0.1) is 25.3 Å². The molecule has 0 bridgehead atoms. The van der Waals surface area contributed by atoms with Crippen LogP contribution >= 0.6 is 0 Å². The molecule has 1 fully saturated rings. The molecule has 1 aromatic heterocycles. The van der Waals surface area contributed by atoms with Crippen molar-refractivity contribution >= 4 is 17.4 Å². The zero-order valence-electron chi connectivity index (χ0n) is 19.1. The monoisotopic (exact) mass is 458 g/mol. The molecule has 34 heavy (non-hydrogen) atoms. The third-order valence-electron chi connectivity index (χ3n) is 5.61. The van der Waals surface area contributed by atoms with E-state index in [1.54, 1.807) is 68.0 Å². The highest BCUT2D eigenvalue weighted by molar-refractivity contribution is 6.46. The van der Waals surface area contributed by atoms with Crippen LogP contribution in [0, 0.1) is 0 Å². The van der Waals surface area contributed by atoms with Crippen LogP contribution in [0.1, 0.15) is 36.1 Å². The molecule has 1 N–H and O–H groups in total. The van der Waals surface area contributed by atoms with Crippen molar-refractivity contribution < 1.29 is 24.2 Å². The van der Waals surface area contributed by atoms with Crippen LogP contribution in [-0.4, -0.2) is 40.4 Å². The van der Waals surface area contributed by atoms with E-state index in [1.807, 2.05) is 19.1 Å². The molecule has 0 aliphatic carbocycles. The van der Waals surface area contributed by atoms with Gasteiger partial charge in [-0.15, -0.1) is 0 Å². The number of pyridine rings is 1. The van der Waals surface area contributed by atoms with Crippen LogP contribution in [0.5, 0.6) is 11.5 Å². The van der Waals surface area contributed by atoms with Crippen LogP contribution in [0.2, 0.25) is 0 Å². The highest BCUT2D eigenvalue weighted by Gasteiger charge is 2.46. The van der Waals surface area contributed by atoms with Gasteiger partial charge in [0.1, 0.15) is 17.3 Å². The molecule has 1 aliphatic rings. The molecule has 7 nitrogen and oxygen atoms in total. The Kier molecular flexibility index (Phi) is 6.92. The highest BCUT2D eigenvalue weighted by Crippen LogP contribution is 2.41. The number of Topliss-reactive ketones (excluding diaryl/α,β-unsaturated/α-hetero) is 1. The number of hydrogen-bond donors (Lipinski definition) is 1. The van der Waals surface area contributed by atoms with Gasteiger partial charge in [0, 0.05) is 24.5 Å². The third-order valence-corrected chi connectivity index (χ3v) is 5.61. The van der Waals surface area contributed by atoms with Gasteiger partial charge in [-0.05, 0) is 47.9 Å². The van der Waals surface area contributed by atoms with Crippen molar-refractivity contribution in [2.24, 2.45) is 0 Å². The largest absolute Gasteiger partial charge is 0.507 e. The average molecular weight is 459 g/mol. The first-order valence-corrected chi connectivity index (χ1v) is 11.1. The van der Waals surface area contributed by atoms with Gasteiger partial charge in [-0.2, -0.15) is 0 Å². The van der Waals surface area contributed by atoms with E-state index in [0.717, 1.165) is 12.0 Å². The van der Waals surface area contributed by atoms with Gasteiger partial charge in [0.25, 0.3) is 11.7 Å². The number of benzene rings is 2. The van der Waals surface area contributed by atoms with Gasteiger partial charge in [-0.25, -0.2) is 0 Å². The molecule has 2 aromatic carbocycles. The van der Waals surface area contributed by atoms with Gasteiger partial charge < -0.3 is 19.5 Å². The predicted octanol–water partition coefficient (Wildman–Crippen LogP) is 4.50. The van der Waals surface area contributed by atoms with Gasteiger partial charge in [-0.3, -0.25) is 14.6 Å². The SMILES string of the molecule is CCCOc1cccc(/C(O)=C2\C(=O)C(=O)N(Cc3cccnc3)C2c2cccc(OC)c2)c1. The smallest absolute Gasteiger partial charge is 0.295 e. The van der Waals surface area contributed by atoms with E-state index in [1.165, 1.54) is 4.90 Å². The highest BCUT2D eigenvalue weighted by atomic mass is 16.5. The maximum absolute atomic E-state index is 13.2. The van der Waals surface area contributed by atoms with Crippen LogP contribution in [0.15, 0.2) is 78.6 Å². The number of rotatable bonds is 8. The van der Waals surface area contributed by atoms with Crippen LogP contribution in [0.25, 0.3) is 5.76 Å². The first-order valence-electron chi connectivity index (χ1n) is 11.1. The lowest BCUT2D eigenvalue weighted by Gasteiger charge is -2.25. The van der Waals surface area contributed by atoms with E-state index in [4.69, 9.17) is 9.47 Å². The van der Waals surface area contributed by atoms with Gasteiger partial charge in [0.2, 0.25) is 0 Å². The molecule has 0 radical (unpaired) electrons. The molecule has 1 unspecified atom stereocenters. The zero-order chi connectivity index (χ0) is 24.1. The molecular formula is C27H26N2O5. The fraction of sp³-hybridized carbons (Fsp3) is 0.222. The maximum Gasteiger partial charge on any atom is 0.295 e. The van der Waals surface area contributed by atoms with Crippen LogP contribution in [0.4, 0.5) is 0 Å². The van der Waals surface area contributed by atoms with Crippen molar-refractivity contribution in [3.8, 4) is 11.5 Å². The lowest BCUT2D eigenvalue weighted by Crippen LogP contribution is -2.29. The summed E-state index contributed by atoms with van der Waals surface area (Å²) in [5.74, 6) is -0.514. The fourth-order valence-corrected chi connectivity index (χ4v) is 4.00. The van der Waals surface area contributed by atoms with Crippen molar-refractivity contribution in [3.63, 3.8) is 0 Å². The number of ketones is 1. The molecule has 1 atom stereocenters. The summed E-state index contributed by atoms with van der Waals surface area (Å²) >= 11 is 0. The fourth-order valence-electron chi connectivity index (χ4n) is 4.00. The number of aromatic nitrogens is 1. The van der Waals surface area contributed by atoms with Crippen LogP contribution in [-0.2, 0) is 16.1 Å². The van der Waals surface area contributed by atoms with E-state index < -0.39 is 17.7 Å². The summed E-state index contributed by atoms with van der Waals surface area (Å²) < 4.78 is 11.0. The molecule has 1 amide bonds. The molecule has 1 saturated heterocycles. The van der Waals surface area contributed by atoms with Crippen LogP contribution in [0.3, 0.4) is 0 Å². The summed E-state index contributed by atoms with van der Waals surface area (Å²) in [4.78, 5) is 32.0. The molecule has 0 spiro atoms. The number of hydrogen-bond acceptors (Lipinski definition) is 6. The lowest BCUT2D eigenvalue weighted by atomic mass is 9.95. The van der Waals surface area contributed by atoms with Crippen molar-refractivity contribution in [2.45, 2.75) is 25.9 Å². The van der Waals surface area contributed by atoms with Crippen molar-refractivity contribution in [2.75, 3.05) is 13.7 Å². The number of ether oxygens (including phenoxy) is 2. The Labute approximate surface area is 198 Å². The average Bonchev–Trinajstić information content (AvgIpc) is 3.12. The molecule has 1 aliphatic heterocycles. The Bertz CT molecular complexity index is 1220. The first kappa shape index (κ1) is 23.0. The molecule has 174 valence electrons. The van der Waals surface area contributed by atoms with E-state index in [0.29, 0.717) is 29.2 Å². The van der Waals surface area contributed by atoms with E-state index in [9.17, 15) is 14.7 Å². The second-order valence-corrected chi connectivity index (χ2v) is 7.94.